The molecule has 3 heterocycles. The lowest BCUT2D eigenvalue weighted by Gasteiger charge is -2.33. The summed E-state index contributed by atoms with van der Waals surface area (Å²) < 4.78 is 0. The van der Waals surface area contributed by atoms with Crippen LogP contribution < -0.4 is 10.2 Å². The molecule has 7 heteroatoms. The van der Waals surface area contributed by atoms with E-state index in [4.69, 9.17) is 9.97 Å². The topological polar surface area (TPSA) is 73.0 Å². The zero-order chi connectivity index (χ0) is 19.7. The molecule has 0 aliphatic carbocycles. The molecule has 7 nitrogen and oxygen atoms in total. The van der Waals surface area contributed by atoms with Gasteiger partial charge in [-0.25, -0.2) is 9.97 Å². The molecule has 1 aliphatic heterocycles. The lowest BCUT2D eigenvalue weighted by molar-refractivity contribution is 0.312. The van der Waals surface area contributed by atoms with Gasteiger partial charge in [-0.2, -0.15) is 5.10 Å². The molecule has 1 aromatic carbocycles. The Morgan fingerprint density at radius 3 is 2.43 bits per heavy atom. The first-order chi connectivity index (χ1) is 13.5. The van der Waals surface area contributed by atoms with E-state index in [9.17, 15) is 0 Å². The summed E-state index contributed by atoms with van der Waals surface area (Å²) in [5.74, 6) is 3.21. The number of hydrogen-bond acceptors (Lipinski definition) is 6. The van der Waals surface area contributed by atoms with Crippen molar-refractivity contribution in [2.75, 3.05) is 43.4 Å². The molecule has 4 rings (SSSR count). The zero-order valence-electron chi connectivity index (χ0n) is 17.0. The van der Waals surface area contributed by atoms with Gasteiger partial charge in [0, 0.05) is 49.6 Å². The number of piperazine rings is 1. The van der Waals surface area contributed by atoms with Crippen molar-refractivity contribution in [1.82, 2.24) is 25.1 Å². The van der Waals surface area contributed by atoms with E-state index < -0.39 is 0 Å². The molecule has 0 unspecified atom stereocenters. The number of nitrogens with zero attached hydrogens (tertiary/aromatic N) is 5. The molecule has 0 atom stereocenters. The van der Waals surface area contributed by atoms with Crippen LogP contribution in [0.25, 0.3) is 11.4 Å². The Morgan fingerprint density at radius 1 is 0.929 bits per heavy atom. The molecular formula is C21H27N7. The highest BCUT2D eigenvalue weighted by molar-refractivity contribution is 5.67. The Kier molecular flexibility index (Phi) is 5.00. The second-order valence-electron chi connectivity index (χ2n) is 7.60. The minimum Gasteiger partial charge on any atom is -0.354 e. The number of nitrogens with one attached hydrogen (secondary N) is 2. The second kappa shape index (κ2) is 7.59. The largest absolute Gasteiger partial charge is 0.354 e. The first kappa shape index (κ1) is 18.4. The van der Waals surface area contributed by atoms with Gasteiger partial charge in [0.15, 0.2) is 11.6 Å². The lowest BCUT2D eigenvalue weighted by Crippen LogP contribution is -2.44. The minimum atomic E-state index is 0.743. The molecule has 3 aromatic rings. The van der Waals surface area contributed by atoms with E-state index in [1.165, 1.54) is 11.1 Å². The van der Waals surface area contributed by atoms with Gasteiger partial charge >= 0.3 is 0 Å². The number of hydrogen-bond donors (Lipinski definition) is 2. The van der Waals surface area contributed by atoms with Crippen molar-refractivity contribution in [1.29, 1.82) is 0 Å². The summed E-state index contributed by atoms with van der Waals surface area (Å²) in [6.45, 7) is 10.2. The van der Waals surface area contributed by atoms with Gasteiger partial charge in [0.25, 0.3) is 0 Å². The van der Waals surface area contributed by atoms with Crippen molar-refractivity contribution in [3.8, 4) is 11.4 Å². The van der Waals surface area contributed by atoms with Crippen LogP contribution in [-0.4, -0.2) is 58.3 Å². The van der Waals surface area contributed by atoms with E-state index in [-0.39, 0.29) is 0 Å². The maximum atomic E-state index is 4.93. The third-order valence-corrected chi connectivity index (χ3v) is 5.14. The number of H-pyrrole nitrogens is 1. The molecule has 2 N–H and O–H groups in total. The quantitative estimate of drug-likeness (QED) is 0.727. The number of aryl methyl sites for hydroxylation is 3. The molecule has 1 saturated heterocycles. The first-order valence-corrected chi connectivity index (χ1v) is 9.67. The van der Waals surface area contributed by atoms with Crippen LogP contribution in [-0.2, 0) is 0 Å². The van der Waals surface area contributed by atoms with Crippen LogP contribution in [0.3, 0.4) is 0 Å². The Bertz CT molecular complexity index is 971. The van der Waals surface area contributed by atoms with Gasteiger partial charge in [0.1, 0.15) is 11.6 Å². The maximum absolute atomic E-state index is 4.93. The highest BCUT2D eigenvalue weighted by Gasteiger charge is 2.18. The summed E-state index contributed by atoms with van der Waals surface area (Å²) in [5.41, 5.74) is 4.44. The Labute approximate surface area is 165 Å². The summed E-state index contributed by atoms with van der Waals surface area (Å²) >= 11 is 0. The standard InChI is InChI=1S/C21H27N7/c1-14-5-6-15(2)17(11-14)21-23-18(22-19-12-16(3)25-26-19)13-20(24-21)28-9-7-27(4)8-10-28/h5-6,11-13H,7-10H2,1-4H3,(H2,22,23,24,25,26). The zero-order valence-corrected chi connectivity index (χ0v) is 17.0. The summed E-state index contributed by atoms with van der Waals surface area (Å²) in [4.78, 5) is 14.4. The van der Waals surface area contributed by atoms with Crippen molar-refractivity contribution < 1.29 is 0 Å². The first-order valence-electron chi connectivity index (χ1n) is 9.67. The van der Waals surface area contributed by atoms with Gasteiger partial charge in [-0.3, -0.25) is 5.10 Å². The summed E-state index contributed by atoms with van der Waals surface area (Å²) in [7, 11) is 2.16. The van der Waals surface area contributed by atoms with Crippen molar-refractivity contribution in [2.24, 2.45) is 0 Å². The van der Waals surface area contributed by atoms with Crippen LogP contribution in [0.1, 0.15) is 16.8 Å². The molecule has 146 valence electrons. The maximum Gasteiger partial charge on any atom is 0.164 e. The minimum absolute atomic E-state index is 0.743. The Morgan fingerprint density at radius 2 is 1.71 bits per heavy atom. The molecule has 1 fully saturated rings. The molecule has 0 radical (unpaired) electrons. The summed E-state index contributed by atoms with van der Waals surface area (Å²) in [5, 5.41) is 10.6. The number of aromatic nitrogens is 4. The Hall–Kier alpha value is -2.93. The van der Waals surface area contributed by atoms with Gasteiger partial charge in [-0.1, -0.05) is 17.7 Å². The van der Waals surface area contributed by atoms with Crippen molar-refractivity contribution in [3.05, 3.63) is 47.2 Å². The molecule has 28 heavy (non-hydrogen) atoms. The van der Waals surface area contributed by atoms with Crippen molar-refractivity contribution >= 4 is 17.5 Å². The van der Waals surface area contributed by atoms with Crippen LogP contribution in [0.2, 0.25) is 0 Å². The number of anilines is 3. The fourth-order valence-corrected chi connectivity index (χ4v) is 3.41. The second-order valence-corrected chi connectivity index (χ2v) is 7.60. The highest BCUT2D eigenvalue weighted by atomic mass is 15.3. The monoisotopic (exact) mass is 377 g/mol. The summed E-state index contributed by atoms with van der Waals surface area (Å²) in [6, 6.07) is 10.4. The Balaban J connectivity index is 1.75. The van der Waals surface area contributed by atoms with Crippen LogP contribution in [0.15, 0.2) is 30.3 Å². The number of benzene rings is 1. The third kappa shape index (κ3) is 3.99. The van der Waals surface area contributed by atoms with Gasteiger partial charge < -0.3 is 15.1 Å². The van der Waals surface area contributed by atoms with E-state index in [0.717, 1.165) is 60.7 Å². The van der Waals surface area contributed by atoms with Crippen LogP contribution in [0, 0.1) is 20.8 Å². The molecule has 0 amide bonds. The van der Waals surface area contributed by atoms with Crippen LogP contribution in [0.4, 0.5) is 17.5 Å². The fourth-order valence-electron chi connectivity index (χ4n) is 3.41. The van der Waals surface area contributed by atoms with E-state index in [1.54, 1.807) is 0 Å². The number of aromatic amines is 1. The van der Waals surface area contributed by atoms with E-state index in [1.807, 2.05) is 19.1 Å². The van der Waals surface area contributed by atoms with E-state index in [2.05, 4.69) is 64.4 Å². The van der Waals surface area contributed by atoms with Gasteiger partial charge in [0.2, 0.25) is 0 Å². The average Bonchev–Trinajstić information content (AvgIpc) is 3.08. The summed E-state index contributed by atoms with van der Waals surface area (Å²) in [6.07, 6.45) is 0. The SMILES string of the molecule is Cc1ccc(C)c(-c2nc(Nc3cc(C)[nH]n3)cc(N3CCN(C)CC3)n2)c1. The molecule has 0 spiro atoms. The molecule has 0 bridgehead atoms. The smallest absolute Gasteiger partial charge is 0.164 e. The van der Waals surface area contributed by atoms with Crippen LogP contribution in [0.5, 0.6) is 0 Å². The number of rotatable bonds is 4. The normalized spacial score (nSPS) is 15.1. The molecule has 1 aliphatic rings. The molecule has 0 saturated carbocycles. The van der Waals surface area contributed by atoms with Gasteiger partial charge in [-0.05, 0) is 39.4 Å². The van der Waals surface area contributed by atoms with E-state index in [0.29, 0.717) is 0 Å². The number of likely N-dealkylation sites (N-methyl/N-ethyl adjacent to an activating group) is 1. The lowest BCUT2D eigenvalue weighted by atomic mass is 10.1. The average molecular weight is 377 g/mol. The third-order valence-electron chi connectivity index (χ3n) is 5.14. The molecular weight excluding hydrogens is 350 g/mol. The van der Waals surface area contributed by atoms with E-state index >= 15 is 0 Å². The predicted molar refractivity (Wildman–Crippen MR) is 113 cm³/mol. The van der Waals surface area contributed by atoms with Crippen molar-refractivity contribution in [3.63, 3.8) is 0 Å². The predicted octanol–water partition coefficient (Wildman–Crippen LogP) is 3.29. The van der Waals surface area contributed by atoms with Crippen molar-refractivity contribution in [2.45, 2.75) is 20.8 Å². The van der Waals surface area contributed by atoms with Gasteiger partial charge in [-0.15, -0.1) is 0 Å². The van der Waals surface area contributed by atoms with Gasteiger partial charge in [0.05, 0.1) is 0 Å². The van der Waals surface area contributed by atoms with Crippen LogP contribution >= 0.6 is 0 Å². The molecule has 2 aromatic heterocycles. The fraction of sp³-hybridized carbons (Fsp3) is 0.381. The highest BCUT2D eigenvalue weighted by Crippen LogP contribution is 2.27.